The summed E-state index contributed by atoms with van der Waals surface area (Å²) in [5, 5.41) is 11.6. The number of benzene rings is 1. The van der Waals surface area contributed by atoms with Gasteiger partial charge in [0.05, 0.1) is 6.04 Å². The van der Waals surface area contributed by atoms with Crippen molar-refractivity contribution in [1.29, 1.82) is 0 Å². The van der Waals surface area contributed by atoms with Gasteiger partial charge in [0.25, 0.3) is 0 Å². The first-order valence-corrected chi connectivity index (χ1v) is 5.97. The largest absolute Gasteiger partial charge is 0.419 e. The van der Waals surface area contributed by atoms with E-state index in [4.69, 9.17) is 4.42 Å². The summed E-state index contributed by atoms with van der Waals surface area (Å²) in [6.45, 7) is 3.10. The Bertz CT molecular complexity index is 498. The van der Waals surface area contributed by atoms with Gasteiger partial charge in [-0.2, -0.15) is 0 Å². The lowest BCUT2D eigenvalue weighted by molar-refractivity contribution is 0.437. The lowest BCUT2D eigenvalue weighted by Gasteiger charge is -2.02. The van der Waals surface area contributed by atoms with E-state index in [0.717, 1.165) is 18.5 Å². The Hall–Kier alpha value is -1.68. The highest BCUT2D eigenvalue weighted by atomic mass is 16.4. The first-order chi connectivity index (χ1) is 8.33. The number of rotatable bonds is 2. The predicted octanol–water partition coefficient (Wildman–Crippen LogP) is 2.47. The van der Waals surface area contributed by atoms with Gasteiger partial charge in [0.15, 0.2) is 0 Å². The predicted molar refractivity (Wildman–Crippen MR) is 64.4 cm³/mol. The second kappa shape index (κ2) is 4.30. The van der Waals surface area contributed by atoms with E-state index in [0.29, 0.717) is 11.8 Å². The molecule has 0 bridgehead atoms. The number of aromatic nitrogens is 2. The summed E-state index contributed by atoms with van der Waals surface area (Å²) in [6.07, 6.45) is 2.25. The molecule has 17 heavy (non-hydrogen) atoms. The number of nitrogens with zero attached hydrogens (tertiary/aromatic N) is 2. The van der Waals surface area contributed by atoms with Gasteiger partial charge >= 0.3 is 0 Å². The van der Waals surface area contributed by atoms with Crippen molar-refractivity contribution in [1.82, 2.24) is 15.5 Å². The van der Waals surface area contributed by atoms with Gasteiger partial charge in [-0.3, -0.25) is 0 Å². The van der Waals surface area contributed by atoms with Crippen molar-refractivity contribution >= 4 is 0 Å². The zero-order chi connectivity index (χ0) is 11.7. The van der Waals surface area contributed by atoms with Crippen LogP contribution in [0.5, 0.6) is 0 Å². The summed E-state index contributed by atoms with van der Waals surface area (Å²) in [7, 11) is 0. The Morgan fingerprint density at radius 1 is 1.24 bits per heavy atom. The Morgan fingerprint density at radius 3 is 2.76 bits per heavy atom. The van der Waals surface area contributed by atoms with Gasteiger partial charge in [-0.1, -0.05) is 17.7 Å². The van der Waals surface area contributed by atoms with Crippen LogP contribution in [0.15, 0.2) is 28.7 Å². The van der Waals surface area contributed by atoms with Gasteiger partial charge in [0.2, 0.25) is 11.8 Å². The molecule has 2 heterocycles. The van der Waals surface area contributed by atoms with Crippen molar-refractivity contribution in [2.45, 2.75) is 25.8 Å². The lowest BCUT2D eigenvalue weighted by Crippen LogP contribution is -2.12. The molecule has 1 atom stereocenters. The third-order valence-electron chi connectivity index (χ3n) is 3.10. The Morgan fingerprint density at radius 2 is 2.06 bits per heavy atom. The monoisotopic (exact) mass is 229 g/mol. The van der Waals surface area contributed by atoms with Gasteiger partial charge in [-0.25, -0.2) is 0 Å². The van der Waals surface area contributed by atoms with Crippen molar-refractivity contribution in [3.8, 4) is 11.5 Å². The van der Waals surface area contributed by atoms with Gasteiger partial charge in [-0.05, 0) is 38.4 Å². The minimum atomic E-state index is 0.238. The molecule has 0 radical (unpaired) electrons. The molecule has 1 fully saturated rings. The van der Waals surface area contributed by atoms with Crippen LogP contribution in [-0.2, 0) is 0 Å². The molecule has 0 spiro atoms. The summed E-state index contributed by atoms with van der Waals surface area (Å²) >= 11 is 0. The molecule has 4 heteroatoms. The molecule has 3 rings (SSSR count). The van der Waals surface area contributed by atoms with Crippen molar-refractivity contribution in [2.75, 3.05) is 6.54 Å². The summed E-state index contributed by atoms with van der Waals surface area (Å²) in [6, 6.07) is 8.35. The first kappa shape index (κ1) is 10.5. The van der Waals surface area contributed by atoms with E-state index < -0.39 is 0 Å². The van der Waals surface area contributed by atoms with Gasteiger partial charge < -0.3 is 9.73 Å². The fraction of sp³-hybridized carbons (Fsp3) is 0.385. The Kier molecular flexibility index (Phi) is 2.65. The van der Waals surface area contributed by atoms with Gasteiger partial charge in [-0.15, -0.1) is 10.2 Å². The highest BCUT2D eigenvalue weighted by molar-refractivity contribution is 5.52. The van der Waals surface area contributed by atoms with Crippen LogP contribution in [0, 0.1) is 6.92 Å². The van der Waals surface area contributed by atoms with Crippen LogP contribution in [0.1, 0.15) is 30.3 Å². The third-order valence-corrected chi connectivity index (χ3v) is 3.10. The lowest BCUT2D eigenvalue weighted by atomic mass is 10.1. The molecule has 1 aromatic carbocycles. The summed E-state index contributed by atoms with van der Waals surface area (Å²) in [4.78, 5) is 0. The van der Waals surface area contributed by atoms with Crippen molar-refractivity contribution in [2.24, 2.45) is 0 Å². The molecule has 0 saturated carbocycles. The number of hydrogen-bond acceptors (Lipinski definition) is 4. The van der Waals surface area contributed by atoms with Crippen LogP contribution in [0.3, 0.4) is 0 Å². The summed E-state index contributed by atoms with van der Waals surface area (Å²) < 4.78 is 5.71. The van der Waals surface area contributed by atoms with Crippen LogP contribution in [0.2, 0.25) is 0 Å². The zero-order valence-electron chi connectivity index (χ0n) is 9.81. The molecule has 1 aliphatic heterocycles. The Labute approximate surface area is 100 Å². The molecule has 1 N–H and O–H groups in total. The fourth-order valence-electron chi connectivity index (χ4n) is 2.08. The minimum Gasteiger partial charge on any atom is -0.419 e. The van der Waals surface area contributed by atoms with Crippen molar-refractivity contribution < 1.29 is 4.42 Å². The molecule has 2 aromatic rings. The van der Waals surface area contributed by atoms with Crippen LogP contribution < -0.4 is 5.32 Å². The van der Waals surface area contributed by atoms with Crippen LogP contribution in [0.25, 0.3) is 11.5 Å². The maximum Gasteiger partial charge on any atom is 0.247 e. The Balaban J connectivity index is 1.86. The number of aryl methyl sites for hydroxylation is 1. The van der Waals surface area contributed by atoms with Crippen LogP contribution in [-0.4, -0.2) is 16.7 Å². The number of hydrogen-bond donors (Lipinski definition) is 1. The standard InChI is InChI=1S/C13H15N3O/c1-9-4-6-10(7-5-9)12-15-16-13(17-12)11-3-2-8-14-11/h4-7,11,14H,2-3,8H2,1H3/t11-/m1/s1. The highest BCUT2D eigenvalue weighted by Crippen LogP contribution is 2.25. The van der Waals surface area contributed by atoms with E-state index in [9.17, 15) is 0 Å². The third kappa shape index (κ3) is 2.08. The second-order valence-electron chi connectivity index (χ2n) is 4.46. The maximum absolute atomic E-state index is 5.71. The summed E-state index contributed by atoms with van der Waals surface area (Å²) in [5.41, 5.74) is 2.21. The van der Waals surface area contributed by atoms with Crippen LogP contribution >= 0.6 is 0 Å². The van der Waals surface area contributed by atoms with E-state index in [1.54, 1.807) is 0 Å². The maximum atomic E-state index is 5.71. The normalized spacial score (nSPS) is 19.7. The fourth-order valence-corrected chi connectivity index (χ4v) is 2.08. The van der Waals surface area contributed by atoms with E-state index in [1.807, 2.05) is 24.3 Å². The molecule has 0 aliphatic carbocycles. The van der Waals surface area contributed by atoms with E-state index >= 15 is 0 Å². The molecule has 0 amide bonds. The minimum absolute atomic E-state index is 0.238. The number of nitrogens with one attached hydrogen (secondary N) is 1. The SMILES string of the molecule is Cc1ccc(-c2nnc([C@H]3CCCN3)o2)cc1. The smallest absolute Gasteiger partial charge is 0.247 e. The quantitative estimate of drug-likeness (QED) is 0.859. The van der Waals surface area contributed by atoms with Gasteiger partial charge in [0.1, 0.15) is 0 Å². The van der Waals surface area contributed by atoms with E-state index in [2.05, 4.69) is 22.4 Å². The average Bonchev–Trinajstić information content (AvgIpc) is 3.00. The highest BCUT2D eigenvalue weighted by Gasteiger charge is 2.22. The average molecular weight is 229 g/mol. The molecule has 4 nitrogen and oxygen atoms in total. The van der Waals surface area contributed by atoms with Crippen molar-refractivity contribution in [3.63, 3.8) is 0 Å². The summed E-state index contributed by atoms with van der Waals surface area (Å²) in [5.74, 6) is 1.31. The first-order valence-electron chi connectivity index (χ1n) is 5.97. The van der Waals surface area contributed by atoms with E-state index in [-0.39, 0.29) is 6.04 Å². The molecular formula is C13H15N3O. The molecule has 1 saturated heterocycles. The van der Waals surface area contributed by atoms with Crippen molar-refractivity contribution in [3.05, 3.63) is 35.7 Å². The molecular weight excluding hydrogens is 214 g/mol. The second-order valence-corrected chi connectivity index (χ2v) is 4.46. The van der Waals surface area contributed by atoms with E-state index in [1.165, 1.54) is 12.0 Å². The topological polar surface area (TPSA) is 51.0 Å². The van der Waals surface area contributed by atoms with Crippen LogP contribution in [0.4, 0.5) is 0 Å². The molecule has 0 unspecified atom stereocenters. The zero-order valence-corrected chi connectivity index (χ0v) is 9.81. The van der Waals surface area contributed by atoms with Gasteiger partial charge in [0, 0.05) is 5.56 Å². The molecule has 88 valence electrons. The molecule has 1 aliphatic rings. The molecule has 1 aromatic heterocycles.